The molecule has 0 spiro atoms. The first-order chi connectivity index (χ1) is 10.5. The van der Waals surface area contributed by atoms with Crippen LogP contribution in [0.5, 0.6) is 0 Å². The van der Waals surface area contributed by atoms with Crippen LogP contribution >= 0.6 is 11.6 Å². The lowest BCUT2D eigenvalue weighted by Crippen LogP contribution is -2.50. The lowest BCUT2D eigenvalue weighted by atomic mass is 9.92. The molecular weight excluding hydrogens is 300 g/mol. The lowest BCUT2D eigenvalue weighted by Gasteiger charge is -2.35. The Balaban J connectivity index is 1.74. The fraction of sp³-hybridized carbons (Fsp3) is 0.529. The summed E-state index contributed by atoms with van der Waals surface area (Å²) in [5, 5.41) is 4.77. The van der Waals surface area contributed by atoms with Crippen LogP contribution in [0.1, 0.15) is 38.7 Å². The Hall–Kier alpha value is -1.55. The van der Waals surface area contributed by atoms with E-state index in [-0.39, 0.29) is 5.91 Å². The first-order valence-electron chi connectivity index (χ1n) is 7.79. The first-order valence-corrected chi connectivity index (χ1v) is 8.17. The van der Waals surface area contributed by atoms with Crippen LogP contribution in [0.2, 0.25) is 5.02 Å². The molecule has 2 aliphatic heterocycles. The number of hydrogen-bond acceptors (Lipinski definition) is 3. The van der Waals surface area contributed by atoms with E-state index in [4.69, 9.17) is 16.4 Å². The van der Waals surface area contributed by atoms with Crippen LogP contribution in [0.4, 0.5) is 0 Å². The number of likely N-dealkylation sites (tertiary alicyclic amines) is 1. The fourth-order valence-corrected chi connectivity index (χ4v) is 3.45. The molecule has 2 heterocycles. The van der Waals surface area contributed by atoms with Gasteiger partial charge in [-0.05, 0) is 31.7 Å². The molecule has 0 bridgehead atoms. The van der Waals surface area contributed by atoms with E-state index in [1.165, 1.54) is 6.42 Å². The number of amides is 1. The van der Waals surface area contributed by atoms with Crippen molar-refractivity contribution in [1.29, 1.82) is 0 Å². The molecule has 22 heavy (non-hydrogen) atoms. The van der Waals surface area contributed by atoms with Crippen LogP contribution in [0.3, 0.4) is 0 Å². The van der Waals surface area contributed by atoms with E-state index < -0.39 is 5.60 Å². The molecule has 2 atom stereocenters. The largest absolute Gasteiger partial charge is 0.379 e. The molecule has 0 aliphatic carbocycles. The van der Waals surface area contributed by atoms with Crippen molar-refractivity contribution in [2.75, 3.05) is 13.1 Å². The average Bonchev–Trinajstić information content (AvgIpc) is 2.90. The van der Waals surface area contributed by atoms with Gasteiger partial charge in [0.15, 0.2) is 0 Å². The molecule has 0 aromatic heterocycles. The molecule has 1 amide bonds. The number of oxime groups is 1. The van der Waals surface area contributed by atoms with Crippen molar-refractivity contribution in [3.05, 3.63) is 34.9 Å². The molecule has 0 N–H and O–H groups in total. The van der Waals surface area contributed by atoms with Gasteiger partial charge in [-0.3, -0.25) is 4.79 Å². The summed E-state index contributed by atoms with van der Waals surface area (Å²) in [7, 11) is 0. The van der Waals surface area contributed by atoms with Gasteiger partial charge in [-0.25, -0.2) is 0 Å². The number of piperidine rings is 1. The summed E-state index contributed by atoms with van der Waals surface area (Å²) in [6, 6.07) is 7.52. The van der Waals surface area contributed by atoms with Crippen molar-refractivity contribution in [2.45, 2.75) is 38.7 Å². The third-order valence-electron chi connectivity index (χ3n) is 4.44. The van der Waals surface area contributed by atoms with Crippen LogP contribution in [0.25, 0.3) is 0 Å². The van der Waals surface area contributed by atoms with Crippen molar-refractivity contribution >= 4 is 23.2 Å². The lowest BCUT2D eigenvalue weighted by molar-refractivity contribution is -0.155. The van der Waals surface area contributed by atoms with E-state index in [1.807, 2.05) is 36.1 Å². The quantitative estimate of drug-likeness (QED) is 0.837. The monoisotopic (exact) mass is 320 g/mol. The molecule has 2 aliphatic rings. The average molecular weight is 321 g/mol. The van der Waals surface area contributed by atoms with Crippen molar-refractivity contribution in [1.82, 2.24) is 4.90 Å². The van der Waals surface area contributed by atoms with Crippen LogP contribution in [-0.2, 0) is 9.63 Å². The maximum absolute atomic E-state index is 12.8. The summed E-state index contributed by atoms with van der Waals surface area (Å²) in [4.78, 5) is 20.3. The van der Waals surface area contributed by atoms with Crippen molar-refractivity contribution in [2.24, 2.45) is 11.1 Å². The molecule has 1 saturated heterocycles. The fourth-order valence-electron chi connectivity index (χ4n) is 3.20. The van der Waals surface area contributed by atoms with Gasteiger partial charge in [0.1, 0.15) is 0 Å². The first kappa shape index (κ1) is 15.3. The number of rotatable bonds is 2. The highest BCUT2D eigenvalue weighted by molar-refractivity contribution is 6.34. The third-order valence-corrected chi connectivity index (χ3v) is 4.77. The number of hydrogen-bond donors (Lipinski definition) is 0. The number of halogens is 1. The molecule has 0 unspecified atom stereocenters. The Kier molecular flexibility index (Phi) is 4.13. The molecule has 0 radical (unpaired) electrons. The van der Waals surface area contributed by atoms with Gasteiger partial charge < -0.3 is 9.74 Å². The van der Waals surface area contributed by atoms with E-state index in [1.54, 1.807) is 0 Å². The predicted molar refractivity (Wildman–Crippen MR) is 87.1 cm³/mol. The molecule has 1 aromatic rings. The van der Waals surface area contributed by atoms with Crippen molar-refractivity contribution < 1.29 is 9.63 Å². The molecule has 118 valence electrons. The molecule has 0 saturated carbocycles. The zero-order valence-corrected chi connectivity index (χ0v) is 13.8. The second kappa shape index (κ2) is 5.92. The van der Waals surface area contributed by atoms with Gasteiger partial charge in [0.2, 0.25) is 5.60 Å². The highest BCUT2D eigenvalue weighted by Gasteiger charge is 2.45. The van der Waals surface area contributed by atoms with Gasteiger partial charge in [-0.1, -0.05) is 41.9 Å². The van der Waals surface area contributed by atoms with E-state index in [2.05, 4.69) is 12.1 Å². The molecule has 5 heteroatoms. The van der Waals surface area contributed by atoms with Crippen LogP contribution in [0, 0.1) is 5.92 Å². The van der Waals surface area contributed by atoms with Gasteiger partial charge in [0, 0.05) is 30.1 Å². The van der Waals surface area contributed by atoms with E-state index >= 15 is 0 Å². The molecule has 3 rings (SSSR count). The number of benzene rings is 1. The topological polar surface area (TPSA) is 41.9 Å². The Morgan fingerprint density at radius 1 is 1.45 bits per heavy atom. The standard InChI is InChI=1S/C17H21ClN2O2/c1-12-6-5-9-20(11-12)16(21)17(2)10-15(19-22-17)13-7-3-4-8-14(13)18/h3-4,7-8,12H,5-6,9-11H2,1-2H3/t12-,17-/m0/s1. The summed E-state index contributed by atoms with van der Waals surface area (Å²) in [6.45, 7) is 5.62. The summed E-state index contributed by atoms with van der Waals surface area (Å²) in [5.74, 6) is 0.580. The Bertz CT molecular complexity index is 616. The minimum atomic E-state index is -0.911. The Morgan fingerprint density at radius 2 is 2.23 bits per heavy atom. The minimum absolute atomic E-state index is 0.0323. The van der Waals surface area contributed by atoms with Crippen LogP contribution in [-0.4, -0.2) is 35.2 Å². The van der Waals surface area contributed by atoms with Crippen LogP contribution in [0.15, 0.2) is 29.4 Å². The van der Waals surface area contributed by atoms with Crippen molar-refractivity contribution in [3.63, 3.8) is 0 Å². The molecule has 4 nitrogen and oxygen atoms in total. The Morgan fingerprint density at radius 3 is 2.95 bits per heavy atom. The normalized spacial score (nSPS) is 28.2. The van der Waals surface area contributed by atoms with Gasteiger partial charge in [0.05, 0.1) is 5.71 Å². The Labute approximate surface area is 136 Å². The SMILES string of the molecule is C[C@H]1CCCN(C(=O)[C@]2(C)CC(c3ccccc3Cl)=NO2)C1. The highest BCUT2D eigenvalue weighted by Crippen LogP contribution is 2.32. The summed E-state index contributed by atoms with van der Waals surface area (Å²) < 4.78 is 0. The summed E-state index contributed by atoms with van der Waals surface area (Å²) >= 11 is 6.21. The van der Waals surface area contributed by atoms with Crippen molar-refractivity contribution in [3.8, 4) is 0 Å². The number of nitrogens with zero attached hydrogens (tertiary/aromatic N) is 2. The maximum Gasteiger partial charge on any atom is 0.269 e. The smallest absolute Gasteiger partial charge is 0.269 e. The second-order valence-electron chi connectivity index (χ2n) is 6.52. The van der Waals surface area contributed by atoms with Gasteiger partial charge in [-0.15, -0.1) is 0 Å². The predicted octanol–water partition coefficient (Wildman–Crippen LogP) is 3.48. The van der Waals surface area contributed by atoms with E-state index in [9.17, 15) is 4.79 Å². The zero-order chi connectivity index (χ0) is 15.7. The van der Waals surface area contributed by atoms with E-state index in [0.29, 0.717) is 17.4 Å². The van der Waals surface area contributed by atoms with Gasteiger partial charge in [0.25, 0.3) is 5.91 Å². The summed E-state index contributed by atoms with van der Waals surface area (Å²) in [6.07, 6.45) is 2.70. The second-order valence-corrected chi connectivity index (χ2v) is 6.92. The molecule has 1 fully saturated rings. The maximum atomic E-state index is 12.8. The van der Waals surface area contributed by atoms with Crippen LogP contribution < -0.4 is 0 Å². The summed E-state index contributed by atoms with van der Waals surface area (Å²) in [5.41, 5.74) is 0.671. The zero-order valence-electron chi connectivity index (χ0n) is 13.0. The molecular formula is C17H21ClN2O2. The number of carbonyl (C=O) groups excluding carboxylic acids is 1. The van der Waals surface area contributed by atoms with E-state index in [0.717, 1.165) is 30.8 Å². The van der Waals surface area contributed by atoms with Gasteiger partial charge >= 0.3 is 0 Å². The number of carbonyl (C=O) groups is 1. The molecule has 1 aromatic carbocycles. The third kappa shape index (κ3) is 2.84. The van der Waals surface area contributed by atoms with Gasteiger partial charge in [-0.2, -0.15) is 0 Å². The highest BCUT2D eigenvalue weighted by atomic mass is 35.5. The minimum Gasteiger partial charge on any atom is -0.379 e.